The van der Waals surface area contributed by atoms with Crippen LogP contribution in [-0.4, -0.2) is 37.6 Å². The molecule has 0 bridgehead atoms. The van der Waals surface area contributed by atoms with Crippen LogP contribution < -0.4 is 5.32 Å². The monoisotopic (exact) mass is 268 g/mol. The summed E-state index contributed by atoms with van der Waals surface area (Å²) < 4.78 is 0. The first-order valence-corrected chi connectivity index (χ1v) is 8.52. The van der Waals surface area contributed by atoms with Crippen molar-refractivity contribution in [2.45, 2.75) is 71.8 Å². The van der Waals surface area contributed by atoms with Crippen LogP contribution in [0.1, 0.15) is 65.7 Å². The van der Waals surface area contributed by atoms with Gasteiger partial charge < -0.3 is 10.2 Å². The summed E-state index contributed by atoms with van der Waals surface area (Å²) in [4.78, 5) is 2.63. The first kappa shape index (κ1) is 17.0. The Morgan fingerprint density at radius 3 is 2.53 bits per heavy atom. The Morgan fingerprint density at radius 1 is 1.11 bits per heavy atom. The maximum Gasteiger partial charge on any atom is 0.0118 e. The molecule has 0 heterocycles. The average Bonchev–Trinajstić information content (AvgIpc) is 2.37. The van der Waals surface area contributed by atoms with E-state index in [-0.39, 0.29) is 0 Å². The van der Waals surface area contributed by atoms with Gasteiger partial charge in [0.15, 0.2) is 0 Å². The number of nitrogens with zero attached hydrogens (tertiary/aromatic N) is 1. The summed E-state index contributed by atoms with van der Waals surface area (Å²) in [6.07, 6.45) is 9.83. The van der Waals surface area contributed by atoms with E-state index in [1.165, 1.54) is 64.6 Å². The zero-order valence-electron chi connectivity index (χ0n) is 13.8. The van der Waals surface area contributed by atoms with Gasteiger partial charge in [0.2, 0.25) is 0 Å². The van der Waals surface area contributed by atoms with Crippen LogP contribution in [0.5, 0.6) is 0 Å². The lowest BCUT2D eigenvalue weighted by molar-refractivity contribution is 0.137. The molecular formula is C17H36N2. The highest BCUT2D eigenvalue weighted by Crippen LogP contribution is 2.27. The summed E-state index contributed by atoms with van der Waals surface area (Å²) in [5.74, 6) is 1.69. The fraction of sp³-hybridized carbons (Fsp3) is 1.00. The molecular weight excluding hydrogens is 232 g/mol. The second-order valence-electron chi connectivity index (χ2n) is 6.97. The van der Waals surface area contributed by atoms with Crippen molar-refractivity contribution in [3.63, 3.8) is 0 Å². The minimum absolute atomic E-state index is 0.777. The Labute approximate surface area is 121 Å². The van der Waals surface area contributed by atoms with Crippen LogP contribution in [0.4, 0.5) is 0 Å². The van der Waals surface area contributed by atoms with Crippen molar-refractivity contribution in [2.24, 2.45) is 11.8 Å². The van der Waals surface area contributed by atoms with E-state index in [0.29, 0.717) is 0 Å². The summed E-state index contributed by atoms with van der Waals surface area (Å²) in [5.41, 5.74) is 0. The lowest BCUT2D eigenvalue weighted by atomic mass is 9.85. The number of rotatable bonds is 9. The Morgan fingerprint density at radius 2 is 1.84 bits per heavy atom. The first-order valence-electron chi connectivity index (χ1n) is 8.52. The molecule has 2 atom stereocenters. The molecule has 0 aliphatic heterocycles. The van der Waals surface area contributed by atoms with Gasteiger partial charge in [-0.3, -0.25) is 0 Å². The van der Waals surface area contributed by atoms with E-state index in [1.54, 1.807) is 0 Å². The molecule has 2 heteroatoms. The molecule has 1 fully saturated rings. The second-order valence-corrected chi connectivity index (χ2v) is 6.97. The van der Waals surface area contributed by atoms with Gasteiger partial charge in [-0.1, -0.05) is 40.0 Å². The molecule has 2 nitrogen and oxygen atoms in total. The number of hydrogen-bond acceptors (Lipinski definition) is 2. The molecule has 2 unspecified atom stereocenters. The van der Waals surface area contributed by atoms with E-state index >= 15 is 0 Å². The highest BCUT2D eigenvalue weighted by molar-refractivity contribution is 4.79. The Bertz CT molecular complexity index is 215. The summed E-state index contributed by atoms with van der Waals surface area (Å²) in [7, 11) is 2.34. The van der Waals surface area contributed by atoms with Crippen molar-refractivity contribution < 1.29 is 0 Å². The van der Waals surface area contributed by atoms with Crippen LogP contribution in [0.15, 0.2) is 0 Å². The molecule has 0 saturated heterocycles. The predicted octanol–water partition coefficient (Wildman–Crippen LogP) is 3.91. The summed E-state index contributed by atoms with van der Waals surface area (Å²) >= 11 is 0. The lowest BCUT2D eigenvalue weighted by Gasteiger charge is -2.36. The van der Waals surface area contributed by atoms with E-state index in [1.807, 2.05) is 0 Å². The lowest BCUT2D eigenvalue weighted by Crippen LogP contribution is -2.39. The molecule has 0 aromatic rings. The summed E-state index contributed by atoms with van der Waals surface area (Å²) in [6, 6.07) is 0.854. The molecule has 1 N–H and O–H groups in total. The molecule has 0 radical (unpaired) electrons. The third-order valence-corrected chi connectivity index (χ3v) is 4.55. The minimum atomic E-state index is 0.777. The number of hydrogen-bond donors (Lipinski definition) is 1. The van der Waals surface area contributed by atoms with Gasteiger partial charge in [0.25, 0.3) is 0 Å². The molecule has 0 spiro atoms. The molecule has 1 rings (SSSR count). The molecule has 0 amide bonds. The normalized spacial score (nSPS) is 24.3. The van der Waals surface area contributed by atoms with E-state index < -0.39 is 0 Å². The van der Waals surface area contributed by atoms with Crippen molar-refractivity contribution in [2.75, 3.05) is 26.7 Å². The zero-order valence-corrected chi connectivity index (χ0v) is 13.8. The van der Waals surface area contributed by atoms with Crippen LogP contribution in [0.25, 0.3) is 0 Å². The van der Waals surface area contributed by atoms with Gasteiger partial charge in [-0.05, 0) is 64.2 Å². The molecule has 1 saturated carbocycles. The standard InChI is InChI=1S/C17H36N2/c1-15(2)14-18-12-8-5-9-13-19(4)17-11-7-6-10-16(17)3/h15-18H,5-14H2,1-4H3. The molecule has 114 valence electrons. The van der Waals surface area contributed by atoms with Crippen molar-refractivity contribution in [1.29, 1.82) is 0 Å². The maximum atomic E-state index is 3.53. The van der Waals surface area contributed by atoms with Crippen molar-refractivity contribution in [1.82, 2.24) is 10.2 Å². The fourth-order valence-electron chi connectivity index (χ4n) is 3.30. The molecule has 1 aliphatic rings. The zero-order chi connectivity index (χ0) is 14.1. The van der Waals surface area contributed by atoms with Crippen molar-refractivity contribution in [3.8, 4) is 0 Å². The van der Waals surface area contributed by atoms with Crippen molar-refractivity contribution in [3.05, 3.63) is 0 Å². The molecule has 19 heavy (non-hydrogen) atoms. The number of unbranched alkanes of at least 4 members (excludes halogenated alkanes) is 2. The van der Waals surface area contributed by atoms with E-state index in [4.69, 9.17) is 0 Å². The maximum absolute atomic E-state index is 3.53. The van der Waals surface area contributed by atoms with Gasteiger partial charge in [0, 0.05) is 6.04 Å². The second kappa shape index (κ2) is 9.77. The minimum Gasteiger partial charge on any atom is -0.316 e. The highest BCUT2D eigenvalue weighted by Gasteiger charge is 2.24. The van der Waals surface area contributed by atoms with Crippen LogP contribution in [-0.2, 0) is 0 Å². The Balaban J connectivity index is 1.99. The average molecular weight is 268 g/mol. The van der Waals surface area contributed by atoms with Crippen LogP contribution in [0, 0.1) is 11.8 Å². The molecule has 0 aromatic heterocycles. The van der Waals surface area contributed by atoms with Gasteiger partial charge in [-0.2, -0.15) is 0 Å². The highest BCUT2D eigenvalue weighted by atomic mass is 15.1. The van der Waals surface area contributed by atoms with E-state index in [9.17, 15) is 0 Å². The quantitative estimate of drug-likeness (QED) is 0.638. The SMILES string of the molecule is CC(C)CNCCCCCN(C)C1CCCCC1C. The Kier molecular flexibility index (Phi) is 8.72. The molecule has 1 aliphatic carbocycles. The Hall–Kier alpha value is -0.0800. The van der Waals surface area contributed by atoms with Gasteiger partial charge in [0.05, 0.1) is 0 Å². The number of nitrogens with one attached hydrogen (secondary N) is 1. The third kappa shape index (κ3) is 7.31. The van der Waals surface area contributed by atoms with Crippen molar-refractivity contribution >= 4 is 0 Å². The summed E-state index contributed by atoms with van der Waals surface area (Å²) in [6.45, 7) is 10.6. The van der Waals surface area contributed by atoms with Crippen LogP contribution >= 0.6 is 0 Å². The fourth-order valence-corrected chi connectivity index (χ4v) is 3.30. The van der Waals surface area contributed by atoms with Crippen LogP contribution in [0.3, 0.4) is 0 Å². The topological polar surface area (TPSA) is 15.3 Å². The van der Waals surface area contributed by atoms with Gasteiger partial charge in [-0.15, -0.1) is 0 Å². The van der Waals surface area contributed by atoms with Gasteiger partial charge in [0.1, 0.15) is 0 Å². The predicted molar refractivity (Wildman–Crippen MR) is 85.6 cm³/mol. The largest absolute Gasteiger partial charge is 0.316 e. The smallest absolute Gasteiger partial charge is 0.0118 e. The van der Waals surface area contributed by atoms with Gasteiger partial charge in [-0.25, -0.2) is 0 Å². The first-order chi connectivity index (χ1) is 9.11. The summed E-state index contributed by atoms with van der Waals surface area (Å²) in [5, 5.41) is 3.53. The van der Waals surface area contributed by atoms with Gasteiger partial charge >= 0.3 is 0 Å². The van der Waals surface area contributed by atoms with E-state index in [2.05, 4.69) is 38.0 Å². The third-order valence-electron chi connectivity index (χ3n) is 4.55. The van der Waals surface area contributed by atoms with Crippen LogP contribution in [0.2, 0.25) is 0 Å². The van der Waals surface area contributed by atoms with E-state index in [0.717, 1.165) is 17.9 Å². The molecule has 0 aromatic carbocycles.